The minimum atomic E-state index is -0.433. The van der Waals surface area contributed by atoms with Crippen LogP contribution >= 0.6 is 15.9 Å². The number of halogens is 1. The number of aromatic amines is 1. The van der Waals surface area contributed by atoms with E-state index in [0.29, 0.717) is 15.9 Å². The van der Waals surface area contributed by atoms with E-state index >= 15 is 0 Å². The van der Waals surface area contributed by atoms with Gasteiger partial charge in [0.15, 0.2) is 0 Å². The SMILES string of the molecule is Cc1[nH]c(=O)n(-c2ccccc2)c(=O)c1Br. The standard InChI is InChI=1S/C11H9BrN2O2/c1-7-9(12)10(15)14(11(16)13-7)8-5-3-2-4-6-8/h2-6H,1H3,(H,13,16). The Morgan fingerprint density at radius 2 is 1.81 bits per heavy atom. The molecule has 1 aromatic heterocycles. The van der Waals surface area contributed by atoms with Crippen molar-refractivity contribution in [2.24, 2.45) is 0 Å². The quantitative estimate of drug-likeness (QED) is 0.863. The van der Waals surface area contributed by atoms with Gasteiger partial charge in [-0.15, -0.1) is 0 Å². The van der Waals surface area contributed by atoms with Gasteiger partial charge in [0, 0.05) is 5.69 Å². The summed E-state index contributed by atoms with van der Waals surface area (Å²) in [7, 11) is 0. The number of nitrogens with zero attached hydrogens (tertiary/aromatic N) is 1. The van der Waals surface area contributed by atoms with Gasteiger partial charge in [0.1, 0.15) is 4.47 Å². The summed E-state index contributed by atoms with van der Waals surface area (Å²) in [5.41, 5.74) is 0.293. The largest absolute Gasteiger partial charge is 0.333 e. The summed E-state index contributed by atoms with van der Waals surface area (Å²) in [6, 6.07) is 8.78. The molecule has 0 aliphatic rings. The van der Waals surface area contributed by atoms with Gasteiger partial charge in [0.05, 0.1) is 5.69 Å². The van der Waals surface area contributed by atoms with Crippen LogP contribution in [0.4, 0.5) is 0 Å². The normalized spacial score (nSPS) is 10.4. The highest BCUT2D eigenvalue weighted by atomic mass is 79.9. The predicted molar refractivity (Wildman–Crippen MR) is 65.1 cm³/mol. The zero-order valence-electron chi connectivity index (χ0n) is 8.53. The Balaban J connectivity index is 2.82. The molecule has 0 radical (unpaired) electrons. The lowest BCUT2D eigenvalue weighted by Gasteiger charge is -2.05. The van der Waals surface area contributed by atoms with Gasteiger partial charge in [0.2, 0.25) is 0 Å². The maximum Gasteiger partial charge on any atom is 0.333 e. The van der Waals surface area contributed by atoms with Crippen molar-refractivity contribution in [2.75, 3.05) is 0 Å². The van der Waals surface area contributed by atoms with Crippen LogP contribution in [0.2, 0.25) is 0 Å². The zero-order valence-corrected chi connectivity index (χ0v) is 10.1. The van der Waals surface area contributed by atoms with Crippen LogP contribution in [0.25, 0.3) is 5.69 Å². The molecule has 1 N–H and O–H groups in total. The van der Waals surface area contributed by atoms with Crippen molar-refractivity contribution < 1.29 is 0 Å². The maximum atomic E-state index is 11.9. The van der Waals surface area contributed by atoms with Crippen LogP contribution in [0.1, 0.15) is 5.69 Å². The van der Waals surface area contributed by atoms with Crippen molar-refractivity contribution in [1.82, 2.24) is 9.55 Å². The summed E-state index contributed by atoms with van der Waals surface area (Å²) in [6.07, 6.45) is 0. The van der Waals surface area contributed by atoms with Crippen LogP contribution in [-0.4, -0.2) is 9.55 Å². The second kappa shape index (κ2) is 4.09. The molecule has 1 heterocycles. The molecule has 0 atom stereocenters. The molecule has 2 rings (SSSR count). The number of aryl methyl sites for hydroxylation is 1. The molecule has 4 nitrogen and oxygen atoms in total. The van der Waals surface area contributed by atoms with Crippen LogP contribution in [0.15, 0.2) is 44.4 Å². The lowest BCUT2D eigenvalue weighted by atomic mass is 10.3. The average Bonchev–Trinajstić information content (AvgIpc) is 2.28. The van der Waals surface area contributed by atoms with Crippen molar-refractivity contribution in [3.05, 3.63) is 61.3 Å². The Kier molecular flexibility index (Phi) is 2.78. The second-order valence-corrected chi connectivity index (χ2v) is 4.14. The highest BCUT2D eigenvalue weighted by Gasteiger charge is 2.09. The molecule has 2 aromatic rings. The van der Waals surface area contributed by atoms with Gasteiger partial charge in [-0.05, 0) is 35.0 Å². The predicted octanol–water partition coefficient (Wildman–Crippen LogP) is 1.60. The van der Waals surface area contributed by atoms with Gasteiger partial charge in [-0.2, -0.15) is 0 Å². The maximum absolute atomic E-state index is 11.9. The number of benzene rings is 1. The van der Waals surface area contributed by atoms with Crippen LogP contribution in [0, 0.1) is 6.92 Å². The minimum Gasteiger partial charge on any atom is -0.310 e. The average molecular weight is 281 g/mol. The Hall–Kier alpha value is -1.62. The molecule has 1 aromatic carbocycles. The molecule has 0 spiro atoms. The lowest BCUT2D eigenvalue weighted by Crippen LogP contribution is -2.34. The number of hydrogen-bond donors (Lipinski definition) is 1. The molecule has 0 unspecified atom stereocenters. The summed E-state index contributed by atoms with van der Waals surface area (Å²) in [5, 5.41) is 0. The summed E-state index contributed by atoms with van der Waals surface area (Å²) < 4.78 is 1.47. The monoisotopic (exact) mass is 280 g/mol. The van der Waals surface area contributed by atoms with Gasteiger partial charge in [-0.3, -0.25) is 4.79 Å². The van der Waals surface area contributed by atoms with E-state index in [-0.39, 0.29) is 5.56 Å². The number of para-hydroxylation sites is 1. The number of nitrogens with one attached hydrogen (secondary N) is 1. The Morgan fingerprint density at radius 3 is 2.44 bits per heavy atom. The first-order chi connectivity index (χ1) is 7.61. The molecular weight excluding hydrogens is 272 g/mol. The molecule has 5 heteroatoms. The molecule has 0 saturated heterocycles. The molecule has 0 fully saturated rings. The van der Waals surface area contributed by atoms with Crippen molar-refractivity contribution >= 4 is 15.9 Å². The topological polar surface area (TPSA) is 54.9 Å². The van der Waals surface area contributed by atoms with Gasteiger partial charge in [0.25, 0.3) is 5.56 Å². The fourth-order valence-electron chi connectivity index (χ4n) is 1.43. The van der Waals surface area contributed by atoms with Gasteiger partial charge in [-0.1, -0.05) is 18.2 Å². The first kappa shape index (κ1) is 10.9. The Morgan fingerprint density at radius 1 is 1.19 bits per heavy atom. The number of hydrogen-bond acceptors (Lipinski definition) is 2. The van der Waals surface area contributed by atoms with E-state index in [1.54, 1.807) is 31.2 Å². The highest BCUT2D eigenvalue weighted by molar-refractivity contribution is 9.10. The van der Waals surface area contributed by atoms with Gasteiger partial charge >= 0.3 is 5.69 Å². The van der Waals surface area contributed by atoms with Crippen molar-refractivity contribution in [3.63, 3.8) is 0 Å². The van der Waals surface area contributed by atoms with E-state index in [9.17, 15) is 9.59 Å². The van der Waals surface area contributed by atoms with Crippen LogP contribution in [0.5, 0.6) is 0 Å². The fraction of sp³-hybridized carbons (Fsp3) is 0.0909. The third-order valence-corrected chi connectivity index (χ3v) is 3.17. The van der Waals surface area contributed by atoms with Crippen LogP contribution in [0.3, 0.4) is 0 Å². The lowest BCUT2D eigenvalue weighted by molar-refractivity contribution is 0.847. The Labute approximate surface area is 99.7 Å². The minimum absolute atomic E-state index is 0.354. The van der Waals surface area contributed by atoms with Crippen LogP contribution < -0.4 is 11.2 Å². The first-order valence-electron chi connectivity index (χ1n) is 4.68. The second-order valence-electron chi connectivity index (χ2n) is 3.35. The molecule has 0 amide bonds. The van der Waals surface area contributed by atoms with Gasteiger partial charge in [-0.25, -0.2) is 9.36 Å². The molecular formula is C11H9BrN2O2. The molecule has 82 valence electrons. The number of rotatable bonds is 1. The highest BCUT2D eigenvalue weighted by Crippen LogP contribution is 2.07. The van der Waals surface area contributed by atoms with E-state index < -0.39 is 5.69 Å². The summed E-state index contributed by atoms with van der Waals surface area (Å²) in [6.45, 7) is 1.67. The molecule has 0 bridgehead atoms. The number of H-pyrrole nitrogens is 1. The van der Waals surface area contributed by atoms with E-state index in [2.05, 4.69) is 20.9 Å². The molecule has 0 aliphatic heterocycles. The summed E-state index contributed by atoms with van der Waals surface area (Å²) in [4.78, 5) is 26.2. The van der Waals surface area contributed by atoms with E-state index in [1.807, 2.05) is 6.07 Å². The smallest absolute Gasteiger partial charge is 0.310 e. The van der Waals surface area contributed by atoms with E-state index in [4.69, 9.17) is 0 Å². The third kappa shape index (κ3) is 1.74. The van der Waals surface area contributed by atoms with Crippen molar-refractivity contribution in [3.8, 4) is 5.69 Å². The zero-order chi connectivity index (χ0) is 11.7. The molecule has 0 saturated carbocycles. The van der Waals surface area contributed by atoms with Crippen molar-refractivity contribution in [2.45, 2.75) is 6.92 Å². The Bertz CT molecular complexity index is 629. The van der Waals surface area contributed by atoms with E-state index in [1.165, 1.54) is 0 Å². The fourth-order valence-corrected chi connectivity index (χ4v) is 1.71. The summed E-state index contributed by atoms with van der Waals surface area (Å²) in [5.74, 6) is 0. The number of aromatic nitrogens is 2. The molecule has 0 aliphatic carbocycles. The van der Waals surface area contributed by atoms with Crippen molar-refractivity contribution in [1.29, 1.82) is 0 Å². The molecule has 16 heavy (non-hydrogen) atoms. The van der Waals surface area contributed by atoms with Gasteiger partial charge < -0.3 is 4.98 Å². The van der Waals surface area contributed by atoms with E-state index in [0.717, 1.165) is 4.57 Å². The first-order valence-corrected chi connectivity index (χ1v) is 5.47. The summed E-state index contributed by atoms with van der Waals surface area (Å²) >= 11 is 3.16. The third-order valence-electron chi connectivity index (χ3n) is 2.23. The van der Waals surface area contributed by atoms with Crippen LogP contribution in [-0.2, 0) is 0 Å².